The number of hydrogen-bond acceptors (Lipinski definition) is 2. The van der Waals surface area contributed by atoms with E-state index in [1.165, 1.54) is 12.1 Å². The Morgan fingerprint density at radius 3 is 2.69 bits per heavy atom. The van der Waals surface area contributed by atoms with Crippen molar-refractivity contribution in [2.75, 3.05) is 0 Å². The lowest BCUT2D eigenvalue weighted by molar-refractivity contribution is -0.108. The fourth-order valence-electron chi connectivity index (χ4n) is 1.57. The molecule has 0 aliphatic rings. The molecule has 0 heterocycles. The van der Waals surface area contributed by atoms with E-state index < -0.39 is 11.8 Å². The minimum atomic E-state index is -1.09. The zero-order valence-electron chi connectivity index (χ0n) is 9.16. The highest BCUT2D eigenvalue weighted by Gasteiger charge is 2.16. The number of aldehydes is 1. The van der Waals surface area contributed by atoms with E-state index in [-0.39, 0.29) is 23.5 Å². The molecular weight excluding hydrogens is 211 g/mol. The first kappa shape index (κ1) is 12.4. The third-order valence-electron chi connectivity index (χ3n) is 2.55. The van der Waals surface area contributed by atoms with Crippen molar-refractivity contribution in [3.63, 3.8) is 0 Å². The van der Waals surface area contributed by atoms with Crippen LogP contribution in [0.3, 0.4) is 0 Å². The first-order chi connectivity index (χ1) is 7.47. The molecule has 1 rings (SSSR count). The molecule has 0 amide bonds. The van der Waals surface area contributed by atoms with Crippen molar-refractivity contribution in [1.29, 1.82) is 0 Å². The Morgan fingerprint density at radius 1 is 1.56 bits per heavy atom. The lowest BCUT2D eigenvalue weighted by Gasteiger charge is -2.12. The molecule has 1 aromatic carbocycles. The van der Waals surface area contributed by atoms with E-state index in [9.17, 15) is 14.0 Å². The van der Waals surface area contributed by atoms with Gasteiger partial charge in [-0.15, -0.1) is 0 Å². The second kappa shape index (κ2) is 4.88. The Hall–Kier alpha value is -1.71. The lowest BCUT2D eigenvalue weighted by atomic mass is 9.94. The fraction of sp³-hybridized carbons (Fsp3) is 0.333. The van der Waals surface area contributed by atoms with Gasteiger partial charge in [-0.1, -0.05) is 6.92 Å². The summed E-state index contributed by atoms with van der Waals surface area (Å²) in [6, 6.07) is 2.50. The van der Waals surface area contributed by atoms with Gasteiger partial charge in [0.05, 0.1) is 5.56 Å². The van der Waals surface area contributed by atoms with Crippen LogP contribution in [-0.4, -0.2) is 17.4 Å². The second-order valence-corrected chi connectivity index (χ2v) is 3.80. The van der Waals surface area contributed by atoms with Gasteiger partial charge >= 0.3 is 5.97 Å². The van der Waals surface area contributed by atoms with Crippen LogP contribution < -0.4 is 0 Å². The highest BCUT2D eigenvalue weighted by atomic mass is 19.1. The summed E-state index contributed by atoms with van der Waals surface area (Å²) in [6.45, 7) is 3.23. The molecule has 1 N–H and O–H groups in total. The summed E-state index contributed by atoms with van der Waals surface area (Å²) in [5.41, 5.74) is 0.733. The van der Waals surface area contributed by atoms with Gasteiger partial charge in [-0.05, 0) is 36.1 Å². The molecule has 0 aliphatic heterocycles. The van der Waals surface area contributed by atoms with Crippen LogP contribution in [0.5, 0.6) is 0 Å². The summed E-state index contributed by atoms with van der Waals surface area (Å²) < 4.78 is 13.6. The Kier molecular flexibility index (Phi) is 3.77. The van der Waals surface area contributed by atoms with E-state index in [4.69, 9.17) is 5.11 Å². The van der Waals surface area contributed by atoms with Crippen LogP contribution in [0.25, 0.3) is 0 Å². The van der Waals surface area contributed by atoms with Gasteiger partial charge in [-0.3, -0.25) is 0 Å². The van der Waals surface area contributed by atoms with Crippen molar-refractivity contribution < 1.29 is 19.1 Å². The predicted octanol–water partition coefficient (Wildman–Crippen LogP) is 2.52. The van der Waals surface area contributed by atoms with Gasteiger partial charge in [-0.25, -0.2) is 9.18 Å². The van der Waals surface area contributed by atoms with Crippen LogP contribution in [0.4, 0.5) is 4.39 Å². The van der Waals surface area contributed by atoms with E-state index in [2.05, 4.69) is 0 Å². The normalized spacial score (nSPS) is 12.2. The molecule has 0 bridgehead atoms. The first-order valence-electron chi connectivity index (χ1n) is 4.94. The molecule has 1 aromatic rings. The molecular formula is C12H13FO3. The van der Waals surface area contributed by atoms with Crippen molar-refractivity contribution in [3.8, 4) is 0 Å². The standard InChI is InChI=1S/C12H13FO3/c1-7(3-4-14)9-6-10(12(15)16)8(2)5-11(9)13/h4-7H,3H2,1-2H3,(H,15,16). The van der Waals surface area contributed by atoms with Gasteiger partial charge in [0.25, 0.3) is 0 Å². The van der Waals surface area contributed by atoms with Crippen LogP contribution in [0, 0.1) is 12.7 Å². The topological polar surface area (TPSA) is 54.4 Å². The molecule has 1 unspecified atom stereocenters. The highest BCUT2D eigenvalue weighted by Crippen LogP contribution is 2.24. The smallest absolute Gasteiger partial charge is 0.335 e. The fourth-order valence-corrected chi connectivity index (χ4v) is 1.57. The zero-order valence-corrected chi connectivity index (χ0v) is 9.16. The average molecular weight is 224 g/mol. The molecule has 86 valence electrons. The van der Waals surface area contributed by atoms with Crippen LogP contribution in [0.15, 0.2) is 12.1 Å². The van der Waals surface area contributed by atoms with Crippen LogP contribution in [0.2, 0.25) is 0 Å². The predicted molar refractivity (Wildman–Crippen MR) is 57.2 cm³/mol. The van der Waals surface area contributed by atoms with Crippen LogP contribution >= 0.6 is 0 Å². The third-order valence-corrected chi connectivity index (χ3v) is 2.55. The molecule has 0 saturated carbocycles. The van der Waals surface area contributed by atoms with Gasteiger partial charge in [-0.2, -0.15) is 0 Å². The average Bonchev–Trinajstić information content (AvgIpc) is 2.17. The Balaban J connectivity index is 3.24. The van der Waals surface area contributed by atoms with Crippen molar-refractivity contribution >= 4 is 12.3 Å². The van der Waals surface area contributed by atoms with Crippen LogP contribution in [0.1, 0.15) is 40.7 Å². The summed E-state index contributed by atoms with van der Waals surface area (Å²) >= 11 is 0. The number of carbonyl (C=O) groups excluding carboxylic acids is 1. The Bertz CT molecular complexity index is 427. The second-order valence-electron chi connectivity index (χ2n) is 3.80. The van der Waals surface area contributed by atoms with Crippen molar-refractivity contribution in [1.82, 2.24) is 0 Å². The van der Waals surface area contributed by atoms with E-state index in [0.717, 1.165) is 0 Å². The van der Waals surface area contributed by atoms with E-state index in [1.807, 2.05) is 0 Å². The quantitative estimate of drug-likeness (QED) is 0.799. The maximum atomic E-state index is 13.6. The summed E-state index contributed by atoms with van der Waals surface area (Å²) in [7, 11) is 0. The number of carbonyl (C=O) groups is 2. The number of carboxylic acids is 1. The minimum Gasteiger partial charge on any atom is -0.478 e. The molecule has 0 spiro atoms. The van der Waals surface area contributed by atoms with E-state index in [0.29, 0.717) is 11.8 Å². The number of benzene rings is 1. The van der Waals surface area contributed by atoms with Gasteiger partial charge in [0, 0.05) is 6.42 Å². The maximum Gasteiger partial charge on any atom is 0.335 e. The number of rotatable bonds is 4. The molecule has 4 heteroatoms. The monoisotopic (exact) mass is 224 g/mol. The van der Waals surface area contributed by atoms with Gasteiger partial charge in [0.1, 0.15) is 12.1 Å². The highest BCUT2D eigenvalue weighted by molar-refractivity contribution is 5.89. The van der Waals surface area contributed by atoms with E-state index in [1.54, 1.807) is 13.8 Å². The molecule has 0 aromatic heterocycles. The summed E-state index contributed by atoms with van der Waals surface area (Å²) in [4.78, 5) is 21.2. The number of halogens is 1. The van der Waals surface area contributed by atoms with Crippen LogP contribution in [-0.2, 0) is 4.79 Å². The molecule has 0 aliphatic carbocycles. The summed E-state index contributed by atoms with van der Waals surface area (Å²) in [5, 5.41) is 8.90. The van der Waals surface area contributed by atoms with Gasteiger partial charge in [0.2, 0.25) is 0 Å². The number of aryl methyl sites for hydroxylation is 1. The van der Waals surface area contributed by atoms with Gasteiger partial charge < -0.3 is 9.90 Å². The number of aromatic carboxylic acids is 1. The van der Waals surface area contributed by atoms with Gasteiger partial charge in [0.15, 0.2) is 0 Å². The SMILES string of the molecule is Cc1cc(F)c(C(C)CC=O)cc1C(=O)O. The third kappa shape index (κ3) is 2.45. The molecule has 0 fully saturated rings. The Morgan fingerprint density at radius 2 is 2.19 bits per heavy atom. The minimum absolute atomic E-state index is 0.0779. The number of carboxylic acid groups (broad SMARTS) is 1. The Labute approximate surface area is 92.9 Å². The number of hydrogen-bond donors (Lipinski definition) is 1. The largest absolute Gasteiger partial charge is 0.478 e. The molecule has 3 nitrogen and oxygen atoms in total. The van der Waals surface area contributed by atoms with E-state index >= 15 is 0 Å². The molecule has 0 saturated heterocycles. The summed E-state index contributed by atoms with van der Waals surface area (Å²) in [5.74, 6) is -1.86. The summed E-state index contributed by atoms with van der Waals surface area (Å²) in [6.07, 6.45) is 0.878. The molecule has 0 radical (unpaired) electrons. The first-order valence-corrected chi connectivity index (χ1v) is 4.94. The maximum absolute atomic E-state index is 13.6. The zero-order chi connectivity index (χ0) is 12.3. The van der Waals surface area contributed by atoms with Crippen molar-refractivity contribution in [2.45, 2.75) is 26.2 Å². The van der Waals surface area contributed by atoms with Crippen molar-refractivity contribution in [3.05, 3.63) is 34.6 Å². The van der Waals surface area contributed by atoms with Crippen molar-refractivity contribution in [2.24, 2.45) is 0 Å². The lowest BCUT2D eigenvalue weighted by Crippen LogP contribution is -2.06. The molecule has 1 atom stereocenters. The molecule has 16 heavy (non-hydrogen) atoms.